The van der Waals surface area contributed by atoms with Crippen LogP contribution in [0.15, 0.2) is 12.2 Å². The van der Waals surface area contributed by atoms with Gasteiger partial charge in [0.05, 0.1) is 31.9 Å². The van der Waals surface area contributed by atoms with Crippen molar-refractivity contribution in [3.05, 3.63) is 12.2 Å². The lowest BCUT2D eigenvalue weighted by Gasteiger charge is -2.30. The van der Waals surface area contributed by atoms with E-state index in [9.17, 15) is 4.79 Å². The number of nitrogens with zero attached hydrogens (tertiary/aromatic N) is 1. The van der Waals surface area contributed by atoms with Gasteiger partial charge in [0.15, 0.2) is 0 Å². The first-order valence-corrected chi connectivity index (χ1v) is 8.41. The first-order valence-electron chi connectivity index (χ1n) is 8.41. The van der Waals surface area contributed by atoms with E-state index in [2.05, 4.69) is 6.92 Å². The van der Waals surface area contributed by atoms with Crippen LogP contribution in [-0.4, -0.2) is 77.1 Å². The molecule has 1 rings (SSSR count). The van der Waals surface area contributed by atoms with Crippen LogP contribution in [0.2, 0.25) is 0 Å². The second-order valence-corrected chi connectivity index (χ2v) is 5.64. The maximum absolute atomic E-state index is 12.6. The largest absolute Gasteiger partial charge is 0.368 e. The summed E-state index contributed by atoms with van der Waals surface area (Å²) in [6.45, 7) is 3.93. The maximum Gasteiger partial charge on any atom is 0.249 e. The number of carbonyl (C=O) groups is 1. The highest BCUT2D eigenvalue weighted by Gasteiger charge is 2.36. The van der Waals surface area contributed by atoms with E-state index in [4.69, 9.17) is 23.7 Å². The first-order chi connectivity index (χ1) is 11.7. The van der Waals surface area contributed by atoms with Gasteiger partial charge in [-0.3, -0.25) is 4.79 Å². The molecule has 2 atom stereocenters. The minimum Gasteiger partial charge on any atom is -0.368 e. The number of likely N-dealkylation sites (tertiary alicyclic amines) is 1. The number of hydrogen-bond acceptors (Lipinski definition) is 6. The van der Waals surface area contributed by atoms with Gasteiger partial charge in [-0.15, -0.1) is 0 Å². The third-order valence-corrected chi connectivity index (χ3v) is 3.77. The third-order valence-electron chi connectivity index (χ3n) is 3.77. The Bertz CT molecular complexity index is 345. The molecule has 1 fully saturated rings. The molecule has 1 aliphatic heterocycles. The molecule has 0 aliphatic carbocycles. The molecule has 0 unspecified atom stereocenters. The topological polar surface area (TPSA) is 66.5 Å². The summed E-state index contributed by atoms with van der Waals surface area (Å²) in [5.74, 6) is -0.0329. The molecule has 0 aromatic rings. The minimum absolute atomic E-state index is 0.0265. The number of ether oxygens (including phenoxy) is 5. The molecule has 1 heterocycles. The summed E-state index contributed by atoms with van der Waals surface area (Å²) in [5, 5.41) is 0. The summed E-state index contributed by atoms with van der Waals surface area (Å²) >= 11 is 0. The van der Waals surface area contributed by atoms with E-state index in [0.717, 1.165) is 19.3 Å². The van der Waals surface area contributed by atoms with E-state index < -0.39 is 0 Å². The van der Waals surface area contributed by atoms with Crippen molar-refractivity contribution < 1.29 is 28.5 Å². The SMILES string of the molecule is CC/C=C/COCC(=O)N1[C@H](COCOC)CC[C@H]1COCOC. The first kappa shape index (κ1) is 21.1. The van der Waals surface area contributed by atoms with Crippen molar-refractivity contribution >= 4 is 5.91 Å². The highest BCUT2D eigenvalue weighted by molar-refractivity contribution is 5.78. The fraction of sp³-hybridized carbons (Fsp3) is 0.824. The number of rotatable bonds is 13. The van der Waals surface area contributed by atoms with Crippen molar-refractivity contribution in [3.8, 4) is 0 Å². The zero-order valence-electron chi connectivity index (χ0n) is 15.1. The molecule has 24 heavy (non-hydrogen) atoms. The predicted molar refractivity (Wildman–Crippen MR) is 89.6 cm³/mol. The number of allylic oxidation sites excluding steroid dienone is 1. The van der Waals surface area contributed by atoms with E-state index in [1.54, 1.807) is 14.2 Å². The summed E-state index contributed by atoms with van der Waals surface area (Å²) in [6, 6.07) is 0.0529. The highest BCUT2D eigenvalue weighted by Crippen LogP contribution is 2.25. The standard InChI is InChI=1S/C17H31NO6/c1-4-5-6-9-22-12-17(19)18-15(10-23-13-20-2)7-8-16(18)11-24-14-21-3/h5-6,15-16H,4,7-14H2,1-3H3/b6-5+/t15-,16-/m0/s1. The van der Waals surface area contributed by atoms with Gasteiger partial charge in [-0.1, -0.05) is 19.1 Å². The second-order valence-electron chi connectivity index (χ2n) is 5.64. The minimum atomic E-state index is -0.0329. The van der Waals surface area contributed by atoms with Crippen LogP contribution >= 0.6 is 0 Å². The van der Waals surface area contributed by atoms with Gasteiger partial charge < -0.3 is 28.6 Å². The molecule has 1 aliphatic rings. The van der Waals surface area contributed by atoms with Gasteiger partial charge in [0.25, 0.3) is 0 Å². The van der Waals surface area contributed by atoms with Gasteiger partial charge in [0, 0.05) is 14.2 Å². The van der Waals surface area contributed by atoms with E-state index in [1.807, 2.05) is 17.1 Å². The van der Waals surface area contributed by atoms with Gasteiger partial charge >= 0.3 is 0 Å². The maximum atomic E-state index is 12.6. The van der Waals surface area contributed by atoms with Crippen LogP contribution in [0.3, 0.4) is 0 Å². The van der Waals surface area contributed by atoms with Gasteiger partial charge in [-0.05, 0) is 19.3 Å². The van der Waals surface area contributed by atoms with E-state index in [0.29, 0.717) is 19.8 Å². The fourth-order valence-electron chi connectivity index (χ4n) is 2.75. The smallest absolute Gasteiger partial charge is 0.249 e. The highest BCUT2D eigenvalue weighted by atomic mass is 16.7. The zero-order valence-corrected chi connectivity index (χ0v) is 15.1. The molecular weight excluding hydrogens is 314 g/mol. The Labute approximate surface area is 144 Å². The van der Waals surface area contributed by atoms with Crippen LogP contribution in [-0.2, 0) is 28.5 Å². The van der Waals surface area contributed by atoms with E-state index in [1.165, 1.54) is 0 Å². The third kappa shape index (κ3) is 7.72. The Balaban J connectivity index is 2.52. The molecule has 0 aromatic heterocycles. The van der Waals surface area contributed by atoms with E-state index >= 15 is 0 Å². The van der Waals surface area contributed by atoms with Gasteiger partial charge in [-0.2, -0.15) is 0 Å². The van der Waals surface area contributed by atoms with Gasteiger partial charge in [0.1, 0.15) is 20.2 Å². The summed E-state index contributed by atoms with van der Waals surface area (Å²) in [6.07, 6.45) is 6.67. The molecule has 0 N–H and O–H groups in total. The lowest BCUT2D eigenvalue weighted by molar-refractivity contribution is -0.143. The molecule has 0 aromatic carbocycles. The summed E-state index contributed by atoms with van der Waals surface area (Å²) in [7, 11) is 3.16. The van der Waals surface area contributed by atoms with Crippen LogP contribution in [0.25, 0.3) is 0 Å². The normalized spacial score (nSPS) is 21.0. The van der Waals surface area contributed by atoms with Gasteiger partial charge in [0.2, 0.25) is 5.91 Å². The molecule has 140 valence electrons. The Morgan fingerprint density at radius 2 is 1.58 bits per heavy atom. The van der Waals surface area contributed by atoms with Crippen LogP contribution in [0.4, 0.5) is 0 Å². The van der Waals surface area contributed by atoms with Crippen molar-refractivity contribution in [1.82, 2.24) is 4.90 Å². The molecule has 0 radical (unpaired) electrons. The lowest BCUT2D eigenvalue weighted by atomic mass is 10.2. The van der Waals surface area contributed by atoms with Crippen LogP contribution < -0.4 is 0 Å². The number of methoxy groups -OCH3 is 2. The number of carbonyl (C=O) groups excluding carboxylic acids is 1. The molecule has 0 spiro atoms. The van der Waals surface area contributed by atoms with Crippen molar-refractivity contribution in [2.45, 2.75) is 38.3 Å². The van der Waals surface area contributed by atoms with E-state index in [-0.39, 0.29) is 38.2 Å². The monoisotopic (exact) mass is 345 g/mol. The predicted octanol–water partition coefficient (Wildman–Crippen LogP) is 1.57. The van der Waals surface area contributed by atoms with Crippen molar-refractivity contribution in [1.29, 1.82) is 0 Å². The van der Waals surface area contributed by atoms with Crippen molar-refractivity contribution in [3.63, 3.8) is 0 Å². The molecule has 0 bridgehead atoms. The number of hydrogen-bond donors (Lipinski definition) is 0. The number of amides is 1. The molecule has 1 amide bonds. The van der Waals surface area contributed by atoms with Crippen LogP contribution in [0, 0.1) is 0 Å². The zero-order chi connectivity index (χ0) is 17.6. The lowest BCUT2D eigenvalue weighted by Crippen LogP contribution is -2.46. The molecule has 1 saturated heterocycles. The Morgan fingerprint density at radius 3 is 2.08 bits per heavy atom. The van der Waals surface area contributed by atoms with Crippen molar-refractivity contribution in [2.24, 2.45) is 0 Å². The Morgan fingerprint density at radius 1 is 1.00 bits per heavy atom. The summed E-state index contributed by atoms with van der Waals surface area (Å²) in [5.41, 5.74) is 0. The molecule has 7 heteroatoms. The quantitative estimate of drug-likeness (QED) is 0.287. The Hall–Kier alpha value is -0.990. The van der Waals surface area contributed by atoms with Crippen LogP contribution in [0.1, 0.15) is 26.2 Å². The second kappa shape index (κ2) is 13.3. The fourth-order valence-corrected chi connectivity index (χ4v) is 2.75. The van der Waals surface area contributed by atoms with Crippen LogP contribution in [0.5, 0.6) is 0 Å². The van der Waals surface area contributed by atoms with Gasteiger partial charge in [-0.25, -0.2) is 0 Å². The average molecular weight is 345 g/mol. The molecule has 0 saturated carbocycles. The summed E-state index contributed by atoms with van der Waals surface area (Å²) < 4.78 is 26.2. The Kier molecular flexibility index (Phi) is 11.7. The van der Waals surface area contributed by atoms with Crippen molar-refractivity contribution in [2.75, 3.05) is 54.2 Å². The molecular formula is C17H31NO6. The average Bonchev–Trinajstić information content (AvgIpc) is 2.98. The molecule has 7 nitrogen and oxygen atoms in total. The summed E-state index contributed by atoms with van der Waals surface area (Å²) in [4.78, 5) is 14.4.